The van der Waals surface area contributed by atoms with Gasteiger partial charge in [-0.15, -0.1) is 0 Å². The molecule has 1 unspecified atom stereocenters. The van der Waals surface area contributed by atoms with Crippen LogP contribution in [0.4, 0.5) is 11.5 Å². The van der Waals surface area contributed by atoms with E-state index in [1.54, 1.807) is 7.05 Å². The Labute approximate surface area is 130 Å². The van der Waals surface area contributed by atoms with E-state index in [2.05, 4.69) is 9.88 Å². The molecule has 1 aliphatic heterocycles. The molecule has 1 aromatic heterocycles. The van der Waals surface area contributed by atoms with Crippen LogP contribution in [0.15, 0.2) is 9.59 Å². The summed E-state index contributed by atoms with van der Waals surface area (Å²) >= 11 is 0. The van der Waals surface area contributed by atoms with Crippen molar-refractivity contribution in [3.8, 4) is 0 Å². The fraction of sp³-hybridized carbons (Fsp3) is 0.733. The number of nitrogens with one attached hydrogen (secondary N) is 1. The molecule has 0 aliphatic carbocycles. The molecular formula is C15H27N5O2. The topological polar surface area (TPSA) is 87.4 Å². The number of aromatic nitrogens is 2. The molecule has 0 aromatic carbocycles. The van der Waals surface area contributed by atoms with Crippen molar-refractivity contribution in [3.63, 3.8) is 0 Å². The third-order valence-electron chi connectivity index (χ3n) is 4.17. The number of unbranched alkanes of at least 4 members (excludes halogenated alkanes) is 3. The Kier molecular flexibility index (Phi) is 5.28. The lowest BCUT2D eigenvalue weighted by Gasteiger charge is -2.20. The third kappa shape index (κ3) is 3.52. The molecule has 2 heterocycles. The molecule has 0 spiro atoms. The lowest BCUT2D eigenvalue weighted by Crippen LogP contribution is -2.32. The van der Waals surface area contributed by atoms with Crippen molar-refractivity contribution in [1.82, 2.24) is 9.55 Å². The summed E-state index contributed by atoms with van der Waals surface area (Å²) in [6.45, 7) is 3.54. The van der Waals surface area contributed by atoms with Gasteiger partial charge >= 0.3 is 5.69 Å². The molecular weight excluding hydrogens is 282 g/mol. The minimum absolute atomic E-state index is 0.278. The number of hydrogen-bond acceptors (Lipinski definition) is 5. The largest absolute Gasteiger partial charge is 0.349 e. The van der Waals surface area contributed by atoms with Gasteiger partial charge in [-0.3, -0.25) is 14.3 Å². The van der Waals surface area contributed by atoms with Crippen molar-refractivity contribution >= 4 is 11.5 Å². The van der Waals surface area contributed by atoms with E-state index in [0.717, 1.165) is 38.0 Å². The summed E-state index contributed by atoms with van der Waals surface area (Å²) in [5.74, 6) is 0.729. The molecule has 124 valence electrons. The number of aromatic amines is 1. The zero-order chi connectivity index (χ0) is 16.3. The molecule has 0 saturated carbocycles. The fourth-order valence-electron chi connectivity index (χ4n) is 3.00. The molecule has 0 amide bonds. The van der Waals surface area contributed by atoms with Crippen LogP contribution in [0.3, 0.4) is 0 Å². The number of H-pyrrole nitrogens is 1. The smallest absolute Gasteiger partial charge is 0.329 e. The third-order valence-corrected chi connectivity index (χ3v) is 4.17. The van der Waals surface area contributed by atoms with Crippen molar-refractivity contribution in [2.24, 2.45) is 12.8 Å². The van der Waals surface area contributed by atoms with Crippen LogP contribution in [0, 0.1) is 0 Å². The van der Waals surface area contributed by atoms with Crippen molar-refractivity contribution in [1.29, 1.82) is 0 Å². The lowest BCUT2D eigenvalue weighted by molar-refractivity contribution is 0.562. The Morgan fingerprint density at radius 3 is 2.55 bits per heavy atom. The molecule has 7 heteroatoms. The van der Waals surface area contributed by atoms with Crippen LogP contribution < -0.4 is 26.8 Å². The van der Waals surface area contributed by atoms with Gasteiger partial charge in [0.2, 0.25) is 0 Å². The number of fused-ring (bicyclic) bond motifs is 1. The van der Waals surface area contributed by atoms with E-state index in [1.807, 2.05) is 18.9 Å². The maximum atomic E-state index is 12.0. The van der Waals surface area contributed by atoms with Crippen LogP contribution in [0.2, 0.25) is 0 Å². The summed E-state index contributed by atoms with van der Waals surface area (Å²) in [4.78, 5) is 30.1. The van der Waals surface area contributed by atoms with Crippen LogP contribution in [0.5, 0.6) is 0 Å². The van der Waals surface area contributed by atoms with E-state index in [1.165, 1.54) is 11.0 Å². The molecule has 3 N–H and O–H groups in total. The highest BCUT2D eigenvalue weighted by molar-refractivity contribution is 5.71. The van der Waals surface area contributed by atoms with Crippen molar-refractivity contribution < 1.29 is 0 Å². The van der Waals surface area contributed by atoms with Crippen LogP contribution in [0.1, 0.15) is 39.0 Å². The lowest BCUT2D eigenvalue weighted by atomic mass is 10.1. The molecule has 1 aromatic rings. The molecule has 0 fully saturated rings. The Bertz CT molecular complexity index is 619. The first-order valence-corrected chi connectivity index (χ1v) is 7.96. The van der Waals surface area contributed by atoms with Gasteiger partial charge < -0.3 is 15.5 Å². The van der Waals surface area contributed by atoms with Gasteiger partial charge in [-0.1, -0.05) is 19.3 Å². The standard InChI is InChI=1S/C15H27N5O2/c1-11(16)8-6-4-5-7-9-20-10-18(2)12-13(21)17-15(22)19(3)14(12)20/h11H,4-10,16H2,1-3H3,(H,17,21,22). The fourth-order valence-corrected chi connectivity index (χ4v) is 3.00. The van der Waals surface area contributed by atoms with Gasteiger partial charge in [0.05, 0.1) is 6.67 Å². The molecule has 0 bridgehead atoms. The van der Waals surface area contributed by atoms with Crippen LogP contribution in [-0.2, 0) is 7.05 Å². The SMILES string of the molecule is CC(N)CCCCCCN1CN(C)c2c1n(C)c(=O)[nH]c2=O. The van der Waals surface area contributed by atoms with Gasteiger partial charge in [-0.2, -0.15) is 0 Å². The molecule has 1 aliphatic rings. The van der Waals surface area contributed by atoms with E-state index < -0.39 is 0 Å². The summed E-state index contributed by atoms with van der Waals surface area (Å²) in [6, 6.07) is 0.278. The summed E-state index contributed by atoms with van der Waals surface area (Å²) < 4.78 is 1.52. The highest BCUT2D eigenvalue weighted by atomic mass is 16.2. The average molecular weight is 309 g/mol. The highest BCUT2D eigenvalue weighted by Gasteiger charge is 2.28. The minimum Gasteiger partial charge on any atom is -0.349 e. The Hall–Kier alpha value is -1.76. The number of nitrogens with two attached hydrogens (primary N) is 1. The van der Waals surface area contributed by atoms with Crippen molar-refractivity contribution in [3.05, 3.63) is 20.8 Å². The zero-order valence-electron chi connectivity index (χ0n) is 13.8. The first kappa shape index (κ1) is 16.6. The van der Waals surface area contributed by atoms with E-state index in [-0.39, 0.29) is 17.3 Å². The van der Waals surface area contributed by atoms with Gasteiger partial charge in [-0.25, -0.2) is 4.79 Å². The summed E-state index contributed by atoms with van der Waals surface area (Å²) in [5, 5.41) is 0. The Balaban J connectivity index is 1.96. The van der Waals surface area contributed by atoms with Gasteiger partial charge in [0, 0.05) is 26.7 Å². The monoisotopic (exact) mass is 309 g/mol. The molecule has 0 radical (unpaired) electrons. The van der Waals surface area contributed by atoms with Gasteiger partial charge in [0.25, 0.3) is 5.56 Å². The van der Waals surface area contributed by atoms with Gasteiger partial charge in [-0.05, 0) is 19.8 Å². The first-order chi connectivity index (χ1) is 10.4. The molecule has 1 atom stereocenters. The zero-order valence-corrected chi connectivity index (χ0v) is 13.8. The summed E-state index contributed by atoms with van der Waals surface area (Å²) in [6.07, 6.45) is 5.59. The van der Waals surface area contributed by atoms with Crippen LogP contribution in [0.25, 0.3) is 0 Å². The predicted molar refractivity (Wildman–Crippen MR) is 89.7 cm³/mol. The normalized spacial score (nSPS) is 15.3. The van der Waals surface area contributed by atoms with Gasteiger partial charge in [0.1, 0.15) is 11.5 Å². The molecule has 22 heavy (non-hydrogen) atoms. The maximum absolute atomic E-state index is 12.0. The number of nitrogens with zero attached hydrogens (tertiary/aromatic N) is 3. The number of anilines is 2. The minimum atomic E-state index is -0.360. The van der Waals surface area contributed by atoms with E-state index in [9.17, 15) is 9.59 Å². The molecule has 0 saturated heterocycles. The highest BCUT2D eigenvalue weighted by Crippen LogP contribution is 2.29. The second kappa shape index (κ2) is 7.00. The van der Waals surface area contributed by atoms with Gasteiger partial charge in [0.15, 0.2) is 0 Å². The quantitative estimate of drug-likeness (QED) is 0.720. The number of rotatable bonds is 7. The van der Waals surface area contributed by atoms with Crippen LogP contribution in [-0.4, -0.2) is 35.9 Å². The predicted octanol–water partition coefficient (Wildman–Crippen LogP) is 0.585. The Morgan fingerprint density at radius 2 is 1.86 bits per heavy atom. The van der Waals surface area contributed by atoms with E-state index >= 15 is 0 Å². The second-order valence-corrected chi connectivity index (χ2v) is 6.27. The van der Waals surface area contributed by atoms with E-state index in [0.29, 0.717) is 12.4 Å². The Morgan fingerprint density at radius 1 is 1.18 bits per heavy atom. The van der Waals surface area contributed by atoms with Crippen molar-refractivity contribution in [2.45, 2.75) is 45.1 Å². The van der Waals surface area contributed by atoms with E-state index in [4.69, 9.17) is 5.73 Å². The molecule has 7 nitrogen and oxygen atoms in total. The average Bonchev–Trinajstić information content (AvgIpc) is 2.77. The van der Waals surface area contributed by atoms with Crippen LogP contribution >= 0.6 is 0 Å². The summed E-state index contributed by atoms with van der Waals surface area (Å²) in [5.41, 5.74) is 5.66. The maximum Gasteiger partial charge on any atom is 0.329 e. The van der Waals surface area contributed by atoms with Crippen molar-refractivity contribution in [2.75, 3.05) is 30.1 Å². The first-order valence-electron chi connectivity index (χ1n) is 7.96. The number of hydrogen-bond donors (Lipinski definition) is 2. The molecule has 2 rings (SSSR count). The summed E-state index contributed by atoms with van der Waals surface area (Å²) in [7, 11) is 3.58. The second-order valence-electron chi connectivity index (χ2n) is 6.27.